The summed E-state index contributed by atoms with van der Waals surface area (Å²) < 4.78 is 20.6. The molecule has 2 amide bonds. The molecule has 3 N–H and O–H groups in total. The van der Waals surface area contributed by atoms with Gasteiger partial charge in [-0.15, -0.1) is 0 Å². The quantitative estimate of drug-likeness (QED) is 0.171. The van der Waals surface area contributed by atoms with E-state index >= 15 is 0 Å². The van der Waals surface area contributed by atoms with E-state index < -0.39 is 24.2 Å². The zero-order valence-corrected chi connectivity index (χ0v) is 20.8. The van der Waals surface area contributed by atoms with Crippen LogP contribution in [0.25, 0.3) is 12.2 Å². The number of carbonyl (C=O) groups is 3. The van der Waals surface area contributed by atoms with Gasteiger partial charge in [-0.05, 0) is 41.3 Å². The third kappa shape index (κ3) is 9.21. The Kier molecular flexibility index (Phi) is 11.1. The van der Waals surface area contributed by atoms with Crippen molar-refractivity contribution in [1.29, 1.82) is 0 Å². The number of rotatable bonds is 12. The molecule has 0 aliphatic rings. The SMILES string of the molecule is CCC(C)C(NC(=O)O)C(=O)NCCOC(=O)Oc1ccc(/C=C/c2cc(OC)cc(OC)c2)cc1. The largest absolute Gasteiger partial charge is 0.513 e. The van der Waals surface area contributed by atoms with Gasteiger partial charge in [-0.2, -0.15) is 0 Å². The number of ether oxygens (including phenoxy) is 4. The number of hydrogen-bond acceptors (Lipinski definition) is 7. The molecule has 10 nitrogen and oxygen atoms in total. The van der Waals surface area contributed by atoms with Gasteiger partial charge in [-0.3, -0.25) is 4.79 Å². The summed E-state index contributed by atoms with van der Waals surface area (Å²) in [5.41, 5.74) is 1.78. The molecule has 0 aliphatic heterocycles. The molecule has 0 saturated heterocycles. The van der Waals surface area contributed by atoms with Crippen molar-refractivity contribution in [3.63, 3.8) is 0 Å². The Morgan fingerprint density at radius 3 is 2.11 bits per heavy atom. The first kappa shape index (κ1) is 28.0. The van der Waals surface area contributed by atoms with Crippen LogP contribution in [0.3, 0.4) is 0 Å². The zero-order chi connectivity index (χ0) is 26.5. The molecule has 0 aliphatic carbocycles. The lowest BCUT2D eigenvalue weighted by atomic mass is 9.98. The molecule has 0 radical (unpaired) electrons. The summed E-state index contributed by atoms with van der Waals surface area (Å²) in [6.07, 6.45) is 2.22. The summed E-state index contributed by atoms with van der Waals surface area (Å²) >= 11 is 0. The van der Waals surface area contributed by atoms with E-state index in [1.807, 2.05) is 31.2 Å². The highest BCUT2D eigenvalue weighted by atomic mass is 16.7. The zero-order valence-electron chi connectivity index (χ0n) is 20.8. The molecule has 10 heteroatoms. The maximum Gasteiger partial charge on any atom is 0.513 e. The highest BCUT2D eigenvalue weighted by Gasteiger charge is 2.25. The number of hydrogen-bond donors (Lipinski definition) is 3. The third-order valence-electron chi connectivity index (χ3n) is 5.32. The van der Waals surface area contributed by atoms with Crippen molar-refractivity contribution in [2.45, 2.75) is 26.3 Å². The Morgan fingerprint density at radius 2 is 1.56 bits per heavy atom. The normalized spacial score (nSPS) is 12.3. The fourth-order valence-corrected chi connectivity index (χ4v) is 3.14. The van der Waals surface area contributed by atoms with Crippen LogP contribution in [0.2, 0.25) is 0 Å². The molecule has 0 heterocycles. The van der Waals surface area contributed by atoms with Crippen LogP contribution >= 0.6 is 0 Å². The van der Waals surface area contributed by atoms with Crippen LogP contribution in [-0.4, -0.2) is 56.7 Å². The maximum atomic E-state index is 12.2. The molecule has 2 aromatic rings. The summed E-state index contributed by atoms with van der Waals surface area (Å²) in [4.78, 5) is 35.1. The minimum absolute atomic E-state index is 0.0148. The first-order valence-electron chi connectivity index (χ1n) is 11.4. The molecule has 36 heavy (non-hydrogen) atoms. The van der Waals surface area contributed by atoms with Gasteiger partial charge >= 0.3 is 12.2 Å². The van der Waals surface area contributed by atoms with E-state index in [4.69, 9.17) is 24.1 Å². The molecule has 0 spiro atoms. The number of carboxylic acid groups (broad SMARTS) is 1. The Morgan fingerprint density at radius 1 is 0.944 bits per heavy atom. The van der Waals surface area contributed by atoms with Crippen molar-refractivity contribution in [3.8, 4) is 17.2 Å². The van der Waals surface area contributed by atoms with Crippen molar-refractivity contribution in [3.05, 3.63) is 53.6 Å². The van der Waals surface area contributed by atoms with Crippen LogP contribution in [0.15, 0.2) is 42.5 Å². The fourth-order valence-electron chi connectivity index (χ4n) is 3.14. The van der Waals surface area contributed by atoms with E-state index in [1.54, 1.807) is 51.5 Å². The van der Waals surface area contributed by atoms with Crippen LogP contribution in [-0.2, 0) is 9.53 Å². The number of nitrogens with one attached hydrogen (secondary N) is 2. The van der Waals surface area contributed by atoms with Gasteiger partial charge in [0.05, 0.1) is 20.8 Å². The second-order valence-corrected chi connectivity index (χ2v) is 7.85. The van der Waals surface area contributed by atoms with Crippen molar-refractivity contribution >= 4 is 30.3 Å². The molecule has 2 rings (SSSR count). The van der Waals surface area contributed by atoms with Gasteiger partial charge in [0.25, 0.3) is 0 Å². The molecule has 0 bridgehead atoms. The average Bonchev–Trinajstić information content (AvgIpc) is 2.88. The minimum Gasteiger partial charge on any atom is -0.497 e. The third-order valence-corrected chi connectivity index (χ3v) is 5.32. The fraction of sp³-hybridized carbons (Fsp3) is 0.346. The Hall–Kier alpha value is -4.21. The van der Waals surface area contributed by atoms with E-state index in [0.29, 0.717) is 23.7 Å². The van der Waals surface area contributed by atoms with Gasteiger partial charge in [-0.1, -0.05) is 44.6 Å². The number of amides is 2. The van der Waals surface area contributed by atoms with Crippen molar-refractivity contribution < 1.29 is 38.4 Å². The summed E-state index contributed by atoms with van der Waals surface area (Å²) in [5, 5.41) is 13.7. The van der Waals surface area contributed by atoms with Gasteiger partial charge in [0, 0.05) is 6.07 Å². The Balaban J connectivity index is 1.81. The molecule has 0 saturated carbocycles. The van der Waals surface area contributed by atoms with Crippen LogP contribution in [0.1, 0.15) is 31.4 Å². The summed E-state index contributed by atoms with van der Waals surface area (Å²) in [6.45, 7) is 3.51. The molecular weight excluding hydrogens is 468 g/mol. The Labute approximate surface area is 210 Å². The molecule has 2 atom stereocenters. The van der Waals surface area contributed by atoms with Gasteiger partial charge in [0.2, 0.25) is 5.91 Å². The maximum absolute atomic E-state index is 12.2. The molecular formula is C26H32N2O8. The molecule has 0 aromatic heterocycles. The van der Waals surface area contributed by atoms with Gasteiger partial charge in [0.15, 0.2) is 0 Å². The topological polar surface area (TPSA) is 132 Å². The van der Waals surface area contributed by atoms with Gasteiger partial charge in [0.1, 0.15) is 29.9 Å². The first-order chi connectivity index (χ1) is 17.2. The number of benzene rings is 2. The van der Waals surface area contributed by atoms with Crippen molar-refractivity contribution in [2.24, 2.45) is 5.92 Å². The van der Waals surface area contributed by atoms with Crippen LogP contribution in [0, 0.1) is 5.92 Å². The lowest BCUT2D eigenvalue weighted by molar-refractivity contribution is -0.124. The van der Waals surface area contributed by atoms with Crippen LogP contribution in [0.5, 0.6) is 17.2 Å². The predicted octanol–water partition coefficient (Wildman–Crippen LogP) is 4.19. The molecule has 194 valence electrons. The average molecular weight is 501 g/mol. The van der Waals surface area contributed by atoms with Crippen molar-refractivity contribution in [1.82, 2.24) is 10.6 Å². The second-order valence-electron chi connectivity index (χ2n) is 7.85. The van der Waals surface area contributed by atoms with Gasteiger partial charge < -0.3 is 34.7 Å². The lowest BCUT2D eigenvalue weighted by Gasteiger charge is -2.21. The predicted molar refractivity (Wildman–Crippen MR) is 134 cm³/mol. The van der Waals surface area contributed by atoms with Gasteiger partial charge in [-0.25, -0.2) is 9.59 Å². The summed E-state index contributed by atoms with van der Waals surface area (Å²) in [5.74, 6) is 0.987. The highest BCUT2D eigenvalue weighted by molar-refractivity contribution is 5.85. The second kappa shape index (κ2) is 14.2. The molecule has 2 aromatic carbocycles. The minimum atomic E-state index is -1.28. The van der Waals surface area contributed by atoms with Crippen LogP contribution in [0.4, 0.5) is 9.59 Å². The number of carbonyl (C=O) groups excluding carboxylic acids is 2. The summed E-state index contributed by atoms with van der Waals surface area (Å²) in [7, 11) is 3.18. The molecule has 0 fully saturated rings. The van der Waals surface area contributed by atoms with E-state index in [-0.39, 0.29) is 19.1 Å². The lowest BCUT2D eigenvalue weighted by Crippen LogP contribution is -2.50. The van der Waals surface area contributed by atoms with E-state index in [2.05, 4.69) is 10.6 Å². The van der Waals surface area contributed by atoms with E-state index in [0.717, 1.165) is 11.1 Å². The highest BCUT2D eigenvalue weighted by Crippen LogP contribution is 2.24. The molecule has 2 unspecified atom stereocenters. The first-order valence-corrected chi connectivity index (χ1v) is 11.4. The van der Waals surface area contributed by atoms with E-state index in [1.165, 1.54) is 0 Å². The standard InChI is InChI=1S/C26H32N2O8/c1-5-17(2)23(28-25(30)31)24(29)27-12-13-35-26(32)36-20-10-8-18(9-11-20)6-7-19-14-21(33-3)16-22(15-19)34-4/h6-11,14-17,23,28H,5,12-13H2,1-4H3,(H,27,29)(H,30,31)/b7-6+. The Bertz CT molecular complexity index is 1030. The smallest absolute Gasteiger partial charge is 0.497 e. The number of methoxy groups -OCH3 is 2. The van der Waals surface area contributed by atoms with Crippen LogP contribution < -0.4 is 24.8 Å². The summed E-state index contributed by atoms with van der Waals surface area (Å²) in [6, 6.07) is 11.5. The monoisotopic (exact) mass is 500 g/mol. The van der Waals surface area contributed by atoms with Crippen molar-refractivity contribution in [2.75, 3.05) is 27.4 Å². The van der Waals surface area contributed by atoms with E-state index in [9.17, 15) is 14.4 Å².